The van der Waals surface area contributed by atoms with Crippen molar-refractivity contribution in [3.05, 3.63) is 57.6 Å². The van der Waals surface area contributed by atoms with Crippen molar-refractivity contribution in [2.75, 3.05) is 23.8 Å². The summed E-state index contributed by atoms with van der Waals surface area (Å²) in [5, 5.41) is 3.51. The number of benzene rings is 2. The van der Waals surface area contributed by atoms with Crippen molar-refractivity contribution in [3.8, 4) is 0 Å². The molecule has 1 N–H and O–H groups in total. The van der Waals surface area contributed by atoms with Crippen molar-refractivity contribution in [1.29, 1.82) is 0 Å². The number of nitrogens with one attached hydrogen (secondary N) is 1. The number of aryl methyl sites for hydroxylation is 2. The second kappa shape index (κ2) is 6.10. The van der Waals surface area contributed by atoms with Gasteiger partial charge in [0.1, 0.15) is 0 Å². The van der Waals surface area contributed by atoms with Crippen LogP contribution in [0.2, 0.25) is 0 Å². The Morgan fingerprint density at radius 1 is 1.19 bits per heavy atom. The quantitative estimate of drug-likeness (QED) is 0.863. The number of anilines is 2. The van der Waals surface area contributed by atoms with Gasteiger partial charge >= 0.3 is 0 Å². The Morgan fingerprint density at radius 2 is 2.05 bits per heavy atom. The first-order valence-electron chi connectivity index (χ1n) is 7.46. The Labute approximate surface area is 135 Å². The van der Waals surface area contributed by atoms with Crippen molar-refractivity contribution >= 4 is 27.3 Å². The van der Waals surface area contributed by atoms with Gasteiger partial charge in [-0.1, -0.05) is 18.2 Å². The van der Waals surface area contributed by atoms with Crippen LogP contribution < -0.4 is 10.2 Å². The maximum atomic E-state index is 3.62. The Hall–Kier alpha value is -1.48. The number of halogens is 1. The third kappa shape index (κ3) is 3.24. The first-order chi connectivity index (χ1) is 10.1. The second-order valence-corrected chi connectivity index (χ2v) is 6.68. The normalized spacial score (nSPS) is 14.0. The number of hydrogen-bond acceptors (Lipinski definition) is 2. The van der Waals surface area contributed by atoms with E-state index in [1.807, 2.05) is 0 Å². The lowest BCUT2D eigenvalue weighted by molar-refractivity contribution is 0.743. The molecule has 0 radical (unpaired) electrons. The van der Waals surface area contributed by atoms with Crippen LogP contribution in [0, 0.1) is 6.92 Å². The molecule has 1 aliphatic rings. The lowest BCUT2D eigenvalue weighted by atomic mass is 9.99. The van der Waals surface area contributed by atoms with Gasteiger partial charge in [-0.2, -0.15) is 0 Å². The molecule has 1 heterocycles. The van der Waals surface area contributed by atoms with Crippen LogP contribution in [0.4, 0.5) is 11.4 Å². The highest BCUT2D eigenvalue weighted by Gasteiger charge is 2.13. The van der Waals surface area contributed by atoms with Gasteiger partial charge in [0.15, 0.2) is 0 Å². The first-order valence-corrected chi connectivity index (χ1v) is 8.26. The molecule has 0 amide bonds. The van der Waals surface area contributed by atoms with E-state index >= 15 is 0 Å². The summed E-state index contributed by atoms with van der Waals surface area (Å²) in [4.78, 5) is 2.35. The van der Waals surface area contributed by atoms with Gasteiger partial charge in [0.25, 0.3) is 0 Å². The molecule has 2 aromatic rings. The minimum atomic E-state index is 0.860. The van der Waals surface area contributed by atoms with Crippen molar-refractivity contribution < 1.29 is 0 Å². The molecule has 0 aliphatic carbocycles. The maximum absolute atomic E-state index is 3.62. The Morgan fingerprint density at radius 3 is 2.86 bits per heavy atom. The SMILES string of the molecule is Cc1ccc(NCc2ccc3c(c2)CCCN3C)c(Br)c1. The number of rotatable bonds is 3. The van der Waals surface area contributed by atoms with Gasteiger partial charge in [0.2, 0.25) is 0 Å². The van der Waals surface area contributed by atoms with Crippen molar-refractivity contribution in [3.63, 3.8) is 0 Å². The first kappa shape index (κ1) is 14.5. The van der Waals surface area contributed by atoms with E-state index in [4.69, 9.17) is 0 Å². The molecule has 3 rings (SSSR count). The highest BCUT2D eigenvalue weighted by Crippen LogP contribution is 2.28. The molecule has 0 spiro atoms. The van der Waals surface area contributed by atoms with Crippen molar-refractivity contribution in [1.82, 2.24) is 0 Å². The van der Waals surface area contributed by atoms with Gasteiger partial charge in [-0.3, -0.25) is 0 Å². The third-order valence-electron chi connectivity index (χ3n) is 4.10. The zero-order chi connectivity index (χ0) is 14.8. The molecule has 1 aliphatic heterocycles. The summed E-state index contributed by atoms with van der Waals surface area (Å²) in [5.41, 5.74) is 6.63. The fourth-order valence-corrected chi connectivity index (χ4v) is 3.54. The highest BCUT2D eigenvalue weighted by molar-refractivity contribution is 9.10. The van der Waals surface area contributed by atoms with Gasteiger partial charge in [0, 0.05) is 36.0 Å². The van der Waals surface area contributed by atoms with E-state index in [0.29, 0.717) is 0 Å². The summed E-state index contributed by atoms with van der Waals surface area (Å²) in [6.07, 6.45) is 2.45. The van der Waals surface area contributed by atoms with E-state index in [2.05, 4.69) is 76.5 Å². The molecule has 0 saturated heterocycles. The van der Waals surface area contributed by atoms with E-state index in [-0.39, 0.29) is 0 Å². The smallest absolute Gasteiger partial charge is 0.0487 e. The molecule has 0 atom stereocenters. The van der Waals surface area contributed by atoms with Gasteiger partial charge in [-0.25, -0.2) is 0 Å². The van der Waals surface area contributed by atoms with Crippen LogP contribution in [0.15, 0.2) is 40.9 Å². The van der Waals surface area contributed by atoms with Crippen LogP contribution in [0.3, 0.4) is 0 Å². The molecule has 0 aromatic heterocycles. The third-order valence-corrected chi connectivity index (χ3v) is 4.76. The fourth-order valence-electron chi connectivity index (χ4n) is 2.91. The van der Waals surface area contributed by atoms with Crippen molar-refractivity contribution in [2.24, 2.45) is 0 Å². The van der Waals surface area contributed by atoms with Gasteiger partial charge in [-0.15, -0.1) is 0 Å². The minimum Gasteiger partial charge on any atom is -0.380 e. The van der Waals surface area contributed by atoms with E-state index < -0.39 is 0 Å². The molecule has 2 aromatic carbocycles. The molecule has 21 heavy (non-hydrogen) atoms. The summed E-state index contributed by atoms with van der Waals surface area (Å²) in [6, 6.07) is 13.2. The van der Waals surface area contributed by atoms with Crippen LogP contribution in [0.25, 0.3) is 0 Å². The van der Waals surface area contributed by atoms with Crippen molar-refractivity contribution in [2.45, 2.75) is 26.3 Å². The number of fused-ring (bicyclic) bond motifs is 1. The summed E-state index contributed by atoms with van der Waals surface area (Å²) >= 11 is 3.62. The topological polar surface area (TPSA) is 15.3 Å². The predicted octanol–water partition coefficient (Wildman–Crippen LogP) is 4.75. The average molecular weight is 345 g/mol. The monoisotopic (exact) mass is 344 g/mol. The van der Waals surface area contributed by atoms with Crippen LogP contribution in [-0.2, 0) is 13.0 Å². The maximum Gasteiger partial charge on any atom is 0.0487 e. The number of hydrogen-bond donors (Lipinski definition) is 1. The summed E-state index contributed by atoms with van der Waals surface area (Å²) in [7, 11) is 2.18. The van der Waals surface area contributed by atoms with E-state index in [0.717, 1.165) is 16.7 Å². The summed E-state index contributed by atoms with van der Waals surface area (Å²) < 4.78 is 1.13. The van der Waals surface area contributed by atoms with Gasteiger partial charge < -0.3 is 10.2 Å². The molecule has 110 valence electrons. The molecular formula is C18H21BrN2. The highest BCUT2D eigenvalue weighted by atomic mass is 79.9. The molecular weight excluding hydrogens is 324 g/mol. The zero-order valence-corrected chi connectivity index (χ0v) is 14.2. The van der Waals surface area contributed by atoms with Crippen LogP contribution in [0.1, 0.15) is 23.1 Å². The molecule has 0 unspecified atom stereocenters. The Kier molecular flexibility index (Phi) is 4.20. The Balaban J connectivity index is 1.73. The minimum absolute atomic E-state index is 0.860. The largest absolute Gasteiger partial charge is 0.380 e. The van der Waals surface area contributed by atoms with Gasteiger partial charge in [-0.05, 0) is 70.6 Å². The standard InChI is InChI=1S/C18H21BrN2/c1-13-5-7-17(16(19)10-13)20-12-14-6-8-18-15(11-14)4-3-9-21(18)2/h5-8,10-11,20H,3-4,9,12H2,1-2H3. The van der Waals surface area contributed by atoms with E-state index in [1.165, 1.54) is 41.8 Å². The Bertz CT molecular complexity index is 652. The van der Waals surface area contributed by atoms with E-state index in [9.17, 15) is 0 Å². The van der Waals surface area contributed by atoms with E-state index in [1.54, 1.807) is 0 Å². The summed E-state index contributed by atoms with van der Waals surface area (Å²) in [6.45, 7) is 4.13. The van der Waals surface area contributed by atoms with Crippen LogP contribution in [0.5, 0.6) is 0 Å². The van der Waals surface area contributed by atoms with Crippen LogP contribution >= 0.6 is 15.9 Å². The summed E-state index contributed by atoms with van der Waals surface area (Å²) in [5.74, 6) is 0. The molecule has 3 heteroatoms. The molecule has 0 saturated carbocycles. The second-order valence-electron chi connectivity index (χ2n) is 5.83. The number of nitrogens with zero attached hydrogens (tertiary/aromatic N) is 1. The average Bonchev–Trinajstić information content (AvgIpc) is 2.46. The lowest BCUT2D eigenvalue weighted by Crippen LogP contribution is -2.24. The zero-order valence-electron chi connectivity index (χ0n) is 12.6. The molecule has 0 bridgehead atoms. The van der Waals surface area contributed by atoms with Gasteiger partial charge in [0.05, 0.1) is 0 Å². The fraction of sp³-hybridized carbons (Fsp3) is 0.333. The lowest BCUT2D eigenvalue weighted by Gasteiger charge is -2.28. The predicted molar refractivity (Wildman–Crippen MR) is 94.2 cm³/mol. The molecule has 0 fully saturated rings. The van der Waals surface area contributed by atoms with Crippen LogP contribution in [-0.4, -0.2) is 13.6 Å². The molecule has 2 nitrogen and oxygen atoms in total.